The van der Waals surface area contributed by atoms with E-state index in [-0.39, 0.29) is 29.0 Å². The van der Waals surface area contributed by atoms with Gasteiger partial charge in [0.1, 0.15) is 11.0 Å². The van der Waals surface area contributed by atoms with E-state index in [4.69, 9.17) is 0 Å². The Bertz CT molecular complexity index is 1270. The molecule has 32 heavy (non-hydrogen) atoms. The van der Waals surface area contributed by atoms with Crippen LogP contribution in [0.25, 0.3) is 11.3 Å². The van der Waals surface area contributed by atoms with Gasteiger partial charge in [0, 0.05) is 30.7 Å². The molecule has 0 saturated heterocycles. The fourth-order valence-electron chi connectivity index (χ4n) is 3.38. The molecule has 0 fully saturated rings. The van der Waals surface area contributed by atoms with E-state index in [1.54, 1.807) is 36.5 Å². The molecule has 0 spiro atoms. The van der Waals surface area contributed by atoms with Gasteiger partial charge in [0.25, 0.3) is 10.0 Å². The molecule has 0 aliphatic carbocycles. The number of nitriles is 1. The molecule has 0 atom stereocenters. The van der Waals surface area contributed by atoms with Gasteiger partial charge in [-0.3, -0.25) is 4.98 Å². The van der Waals surface area contributed by atoms with E-state index in [0.717, 1.165) is 3.97 Å². The van der Waals surface area contributed by atoms with Crippen LogP contribution in [0.1, 0.15) is 31.9 Å². The van der Waals surface area contributed by atoms with Gasteiger partial charge in [0.05, 0.1) is 17.8 Å². The van der Waals surface area contributed by atoms with Gasteiger partial charge >= 0.3 is 6.09 Å². The lowest BCUT2D eigenvalue weighted by molar-refractivity contribution is 0.123. The highest BCUT2D eigenvalue weighted by Crippen LogP contribution is 2.29. The zero-order valence-corrected chi connectivity index (χ0v) is 18.9. The highest BCUT2D eigenvalue weighted by molar-refractivity contribution is 7.90. The maximum atomic E-state index is 13.5. The fourth-order valence-corrected chi connectivity index (χ4v) is 4.93. The van der Waals surface area contributed by atoms with Gasteiger partial charge < -0.3 is 10.0 Å². The van der Waals surface area contributed by atoms with Crippen molar-refractivity contribution in [2.75, 3.05) is 6.54 Å². The quantitative estimate of drug-likeness (QED) is 0.600. The molecule has 166 valence electrons. The SMILES string of the molecule is CC(C)(C)CN(Cc1cc(-c2cccnc2)n(S(=O)(=O)c2ccccc2C#N)c1)C(=O)O. The molecular weight excluding hydrogens is 428 g/mol. The number of carboxylic acid groups (broad SMARTS) is 1. The Morgan fingerprint density at radius 3 is 2.53 bits per heavy atom. The molecule has 2 aromatic heterocycles. The zero-order valence-electron chi connectivity index (χ0n) is 18.1. The molecule has 0 aliphatic rings. The number of rotatable bonds is 6. The van der Waals surface area contributed by atoms with Crippen LogP contribution in [0.5, 0.6) is 0 Å². The van der Waals surface area contributed by atoms with Crippen LogP contribution in [0.4, 0.5) is 4.79 Å². The number of benzene rings is 1. The topological polar surface area (TPSA) is 116 Å². The van der Waals surface area contributed by atoms with Gasteiger partial charge in [-0.15, -0.1) is 0 Å². The average Bonchev–Trinajstić information content (AvgIpc) is 3.17. The average molecular weight is 453 g/mol. The predicted octanol–water partition coefficient (Wildman–Crippen LogP) is 4.18. The fraction of sp³-hybridized carbons (Fsp3) is 0.261. The normalized spacial score (nSPS) is 11.7. The summed E-state index contributed by atoms with van der Waals surface area (Å²) in [5, 5.41) is 19.1. The lowest BCUT2D eigenvalue weighted by Crippen LogP contribution is -2.36. The van der Waals surface area contributed by atoms with Gasteiger partial charge in [-0.2, -0.15) is 5.26 Å². The van der Waals surface area contributed by atoms with E-state index in [2.05, 4.69) is 4.98 Å². The van der Waals surface area contributed by atoms with Crippen molar-refractivity contribution in [1.29, 1.82) is 5.26 Å². The van der Waals surface area contributed by atoms with Gasteiger partial charge in [-0.25, -0.2) is 17.2 Å². The van der Waals surface area contributed by atoms with Crippen LogP contribution >= 0.6 is 0 Å². The van der Waals surface area contributed by atoms with Crippen molar-refractivity contribution in [2.24, 2.45) is 5.41 Å². The first kappa shape index (κ1) is 23.0. The second-order valence-corrected chi connectivity index (χ2v) is 10.4. The number of aromatic nitrogens is 2. The Labute approximate surface area is 187 Å². The Morgan fingerprint density at radius 1 is 1.22 bits per heavy atom. The van der Waals surface area contributed by atoms with Crippen molar-refractivity contribution in [3.05, 3.63) is 72.2 Å². The summed E-state index contributed by atoms with van der Waals surface area (Å²) >= 11 is 0. The molecule has 1 aromatic carbocycles. The van der Waals surface area contributed by atoms with E-state index >= 15 is 0 Å². The van der Waals surface area contributed by atoms with Crippen LogP contribution in [0.3, 0.4) is 0 Å². The van der Waals surface area contributed by atoms with Crippen LogP contribution in [0.15, 0.2) is 66.0 Å². The van der Waals surface area contributed by atoms with Crippen molar-refractivity contribution in [1.82, 2.24) is 13.9 Å². The molecule has 1 amide bonds. The van der Waals surface area contributed by atoms with Crippen molar-refractivity contribution in [2.45, 2.75) is 32.2 Å². The van der Waals surface area contributed by atoms with Gasteiger partial charge in [0.15, 0.2) is 0 Å². The number of hydrogen-bond donors (Lipinski definition) is 1. The van der Waals surface area contributed by atoms with E-state index in [0.29, 0.717) is 16.8 Å². The van der Waals surface area contributed by atoms with Gasteiger partial charge in [-0.05, 0) is 41.3 Å². The van der Waals surface area contributed by atoms with Gasteiger partial charge in [0.2, 0.25) is 0 Å². The lowest BCUT2D eigenvalue weighted by atomic mass is 9.96. The number of amides is 1. The third-order valence-corrected chi connectivity index (χ3v) is 6.39. The number of pyridine rings is 1. The third-order valence-electron chi connectivity index (χ3n) is 4.65. The summed E-state index contributed by atoms with van der Waals surface area (Å²) in [5.74, 6) is 0. The van der Waals surface area contributed by atoms with Crippen LogP contribution in [0, 0.1) is 16.7 Å². The number of nitrogens with zero attached hydrogens (tertiary/aromatic N) is 4. The van der Waals surface area contributed by atoms with Crippen molar-refractivity contribution in [3.8, 4) is 17.3 Å². The summed E-state index contributed by atoms with van der Waals surface area (Å²) in [7, 11) is -4.13. The molecule has 0 bridgehead atoms. The monoisotopic (exact) mass is 452 g/mol. The Balaban J connectivity index is 2.15. The van der Waals surface area contributed by atoms with Crippen molar-refractivity contribution < 1.29 is 18.3 Å². The first-order chi connectivity index (χ1) is 15.0. The minimum Gasteiger partial charge on any atom is -0.465 e. The summed E-state index contributed by atoms with van der Waals surface area (Å²) in [4.78, 5) is 17.0. The predicted molar refractivity (Wildman–Crippen MR) is 119 cm³/mol. The second-order valence-electron chi connectivity index (χ2n) is 8.58. The number of hydrogen-bond acceptors (Lipinski definition) is 5. The summed E-state index contributed by atoms with van der Waals surface area (Å²) < 4.78 is 28.2. The Kier molecular flexibility index (Phi) is 6.37. The first-order valence-electron chi connectivity index (χ1n) is 9.87. The molecular formula is C23H24N4O4S. The largest absolute Gasteiger partial charge is 0.465 e. The maximum absolute atomic E-state index is 13.5. The molecule has 0 aliphatic heterocycles. The lowest BCUT2D eigenvalue weighted by Gasteiger charge is -2.27. The van der Waals surface area contributed by atoms with Crippen LogP contribution in [0.2, 0.25) is 0 Å². The van der Waals surface area contributed by atoms with E-state index < -0.39 is 16.1 Å². The van der Waals surface area contributed by atoms with Crippen LogP contribution < -0.4 is 0 Å². The van der Waals surface area contributed by atoms with E-state index in [9.17, 15) is 23.6 Å². The first-order valence-corrected chi connectivity index (χ1v) is 11.3. The highest BCUT2D eigenvalue weighted by atomic mass is 32.2. The van der Waals surface area contributed by atoms with E-state index in [1.165, 1.54) is 29.4 Å². The minimum atomic E-state index is -4.13. The summed E-state index contributed by atoms with van der Waals surface area (Å²) in [6.45, 7) is 6.08. The molecule has 0 radical (unpaired) electrons. The molecule has 0 unspecified atom stereocenters. The van der Waals surface area contributed by atoms with Gasteiger partial charge in [-0.1, -0.05) is 32.9 Å². The minimum absolute atomic E-state index is 0.0162. The smallest absolute Gasteiger partial charge is 0.407 e. The van der Waals surface area contributed by atoms with E-state index in [1.807, 2.05) is 26.8 Å². The molecule has 8 nitrogen and oxygen atoms in total. The van der Waals surface area contributed by atoms with Crippen LogP contribution in [-0.4, -0.2) is 40.0 Å². The van der Waals surface area contributed by atoms with Crippen molar-refractivity contribution >= 4 is 16.1 Å². The summed E-state index contributed by atoms with van der Waals surface area (Å²) in [6.07, 6.45) is 3.43. The molecule has 2 heterocycles. The summed E-state index contributed by atoms with van der Waals surface area (Å²) in [5.41, 5.74) is 1.15. The highest BCUT2D eigenvalue weighted by Gasteiger charge is 2.26. The molecule has 1 N–H and O–H groups in total. The zero-order chi connectivity index (χ0) is 23.5. The summed E-state index contributed by atoms with van der Waals surface area (Å²) in [6, 6.07) is 12.9. The van der Waals surface area contributed by atoms with Crippen molar-refractivity contribution in [3.63, 3.8) is 0 Å². The van der Waals surface area contributed by atoms with Crippen LogP contribution in [-0.2, 0) is 16.6 Å². The Hall–Kier alpha value is -3.64. The molecule has 9 heteroatoms. The standard InChI is InChI=1S/C23H24N4O4S/c1-23(2,3)16-26(22(28)29)14-17-11-20(19-8-6-10-25-13-19)27(15-17)32(30,31)21-9-5-4-7-18(21)12-24/h4-11,13,15H,14,16H2,1-3H3,(H,28,29). The third kappa shape index (κ3) is 4.98. The second kappa shape index (κ2) is 8.85. The number of carbonyl (C=O) groups is 1. The molecule has 3 rings (SSSR count). The molecule has 0 saturated carbocycles. The molecule has 3 aromatic rings. The Morgan fingerprint density at radius 2 is 1.94 bits per heavy atom. The maximum Gasteiger partial charge on any atom is 0.407 e.